The Balaban J connectivity index is 2.55. The lowest BCUT2D eigenvalue weighted by Gasteiger charge is -2.26. The molecule has 1 rings (SSSR count). The van der Waals surface area contributed by atoms with Crippen LogP contribution < -0.4 is 5.73 Å². The molecule has 3 N–H and O–H groups in total. The molecule has 0 aliphatic carbocycles. The van der Waals surface area contributed by atoms with Crippen molar-refractivity contribution in [1.29, 1.82) is 0 Å². The van der Waals surface area contributed by atoms with Gasteiger partial charge in [-0.2, -0.15) is 0 Å². The van der Waals surface area contributed by atoms with Gasteiger partial charge in [0.1, 0.15) is 6.54 Å². The Bertz CT molecular complexity index is 298. The lowest BCUT2D eigenvalue weighted by atomic mass is 10.1. The molecule has 1 unspecified atom stereocenters. The number of urea groups is 1. The van der Waals surface area contributed by atoms with Crippen LogP contribution >= 0.6 is 0 Å². The van der Waals surface area contributed by atoms with Gasteiger partial charge in [0.05, 0.1) is 6.61 Å². The molecular weight excluding hydrogens is 238 g/mol. The molecule has 18 heavy (non-hydrogen) atoms. The van der Waals surface area contributed by atoms with Gasteiger partial charge in [-0.1, -0.05) is 0 Å². The molecule has 0 saturated carbocycles. The van der Waals surface area contributed by atoms with Crippen LogP contribution in [0.5, 0.6) is 0 Å². The van der Waals surface area contributed by atoms with E-state index in [1.54, 1.807) is 4.90 Å². The van der Waals surface area contributed by atoms with E-state index in [0.29, 0.717) is 32.2 Å². The van der Waals surface area contributed by atoms with Gasteiger partial charge in [0.25, 0.3) is 0 Å². The first-order valence-corrected chi connectivity index (χ1v) is 6.03. The Hall–Kier alpha value is -1.34. The largest absolute Gasteiger partial charge is 0.480 e. The molecule has 104 valence electrons. The number of likely N-dealkylation sites (tertiary alicyclic amines) is 1. The zero-order chi connectivity index (χ0) is 13.5. The number of aliphatic carboxylic acids is 1. The number of carbonyl (C=O) groups is 2. The van der Waals surface area contributed by atoms with Crippen LogP contribution in [-0.2, 0) is 9.53 Å². The molecule has 1 aliphatic rings. The van der Waals surface area contributed by atoms with Crippen molar-refractivity contribution in [1.82, 2.24) is 9.80 Å². The van der Waals surface area contributed by atoms with Crippen molar-refractivity contribution in [2.75, 3.05) is 46.4 Å². The molecule has 0 spiro atoms. The predicted octanol–water partition coefficient (Wildman–Crippen LogP) is -0.580. The highest BCUT2D eigenvalue weighted by Crippen LogP contribution is 2.16. The first kappa shape index (κ1) is 14.7. The minimum atomic E-state index is -1.02. The van der Waals surface area contributed by atoms with E-state index in [2.05, 4.69) is 0 Å². The molecule has 2 amide bonds. The van der Waals surface area contributed by atoms with Crippen LogP contribution in [0.1, 0.15) is 6.42 Å². The number of methoxy groups -OCH3 is 1. The Morgan fingerprint density at radius 2 is 2.28 bits per heavy atom. The summed E-state index contributed by atoms with van der Waals surface area (Å²) in [4.78, 5) is 25.8. The number of carbonyl (C=O) groups excluding carboxylic acids is 1. The van der Waals surface area contributed by atoms with Crippen LogP contribution in [0.15, 0.2) is 0 Å². The van der Waals surface area contributed by atoms with Gasteiger partial charge in [-0.15, -0.1) is 0 Å². The molecule has 1 saturated heterocycles. The van der Waals surface area contributed by atoms with Gasteiger partial charge in [-0.25, -0.2) is 4.79 Å². The molecule has 1 aliphatic heterocycles. The summed E-state index contributed by atoms with van der Waals surface area (Å²) in [6.07, 6.45) is 0.882. The van der Waals surface area contributed by atoms with E-state index in [0.717, 1.165) is 6.42 Å². The number of carboxylic acids is 1. The summed E-state index contributed by atoms with van der Waals surface area (Å²) >= 11 is 0. The van der Waals surface area contributed by atoms with E-state index in [4.69, 9.17) is 15.6 Å². The molecule has 0 aromatic carbocycles. The predicted molar refractivity (Wildman–Crippen MR) is 65.2 cm³/mol. The van der Waals surface area contributed by atoms with Gasteiger partial charge in [0.2, 0.25) is 0 Å². The molecule has 1 fully saturated rings. The number of rotatable bonds is 6. The highest BCUT2D eigenvalue weighted by molar-refractivity contribution is 5.80. The van der Waals surface area contributed by atoms with Gasteiger partial charge >= 0.3 is 12.0 Å². The van der Waals surface area contributed by atoms with Crippen molar-refractivity contribution >= 4 is 12.0 Å². The molecule has 0 aromatic rings. The fraction of sp³-hybridized carbons (Fsp3) is 0.818. The third-order valence-corrected chi connectivity index (χ3v) is 3.05. The van der Waals surface area contributed by atoms with E-state index < -0.39 is 5.97 Å². The average molecular weight is 259 g/mol. The van der Waals surface area contributed by atoms with Crippen molar-refractivity contribution in [3.63, 3.8) is 0 Å². The highest BCUT2D eigenvalue weighted by Gasteiger charge is 2.29. The summed E-state index contributed by atoms with van der Waals surface area (Å²) in [6, 6.07) is -0.245. The standard InChI is InChI=1S/C11H21N3O4/c1-18-5-4-14(8-10(15)16)11(17)13-3-2-9(6-12)7-13/h9H,2-8,12H2,1H3,(H,15,16). The zero-order valence-corrected chi connectivity index (χ0v) is 10.7. The second-order valence-electron chi connectivity index (χ2n) is 4.43. The highest BCUT2D eigenvalue weighted by atomic mass is 16.5. The van der Waals surface area contributed by atoms with Crippen LogP contribution in [0.25, 0.3) is 0 Å². The Kier molecular flexibility index (Phi) is 5.87. The average Bonchev–Trinajstić information content (AvgIpc) is 2.81. The molecule has 7 nitrogen and oxygen atoms in total. The van der Waals surface area contributed by atoms with Crippen LogP contribution in [0.2, 0.25) is 0 Å². The van der Waals surface area contributed by atoms with E-state index in [9.17, 15) is 9.59 Å². The quantitative estimate of drug-likeness (QED) is 0.665. The van der Waals surface area contributed by atoms with Gasteiger partial charge < -0.3 is 25.4 Å². The summed E-state index contributed by atoms with van der Waals surface area (Å²) in [6.45, 7) is 2.12. The number of hydrogen-bond acceptors (Lipinski definition) is 4. The van der Waals surface area contributed by atoms with Crippen molar-refractivity contribution in [2.24, 2.45) is 11.7 Å². The van der Waals surface area contributed by atoms with E-state index in [1.165, 1.54) is 12.0 Å². The van der Waals surface area contributed by atoms with Crippen LogP contribution in [-0.4, -0.2) is 73.3 Å². The van der Waals surface area contributed by atoms with Gasteiger partial charge in [0, 0.05) is 26.7 Å². The lowest BCUT2D eigenvalue weighted by molar-refractivity contribution is -0.137. The number of hydrogen-bond donors (Lipinski definition) is 2. The molecular formula is C11H21N3O4. The van der Waals surface area contributed by atoms with E-state index >= 15 is 0 Å². The van der Waals surface area contributed by atoms with Gasteiger partial charge in [-0.05, 0) is 18.9 Å². The molecule has 0 radical (unpaired) electrons. The number of nitrogens with zero attached hydrogens (tertiary/aromatic N) is 2. The Labute approximate surface area is 106 Å². The summed E-state index contributed by atoms with van der Waals surface area (Å²) in [7, 11) is 1.52. The molecule has 0 aromatic heterocycles. The first-order chi connectivity index (χ1) is 8.58. The first-order valence-electron chi connectivity index (χ1n) is 6.03. The SMILES string of the molecule is COCCN(CC(=O)O)C(=O)N1CCC(CN)C1. The molecule has 7 heteroatoms. The van der Waals surface area contributed by atoms with Crippen LogP contribution in [0.3, 0.4) is 0 Å². The Morgan fingerprint density at radius 1 is 1.56 bits per heavy atom. The maximum atomic E-state index is 12.1. The zero-order valence-electron chi connectivity index (χ0n) is 10.7. The second-order valence-corrected chi connectivity index (χ2v) is 4.43. The maximum absolute atomic E-state index is 12.1. The van der Waals surface area contributed by atoms with Crippen LogP contribution in [0, 0.1) is 5.92 Å². The number of amides is 2. The van der Waals surface area contributed by atoms with Crippen molar-refractivity contribution in [3.05, 3.63) is 0 Å². The topological polar surface area (TPSA) is 96.1 Å². The van der Waals surface area contributed by atoms with Crippen molar-refractivity contribution < 1.29 is 19.4 Å². The second kappa shape index (κ2) is 7.17. The number of nitrogens with two attached hydrogens (primary N) is 1. The molecule has 1 heterocycles. The third-order valence-electron chi connectivity index (χ3n) is 3.05. The fourth-order valence-electron chi connectivity index (χ4n) is 2.01. The fourth-order valence-corrected chi connectivity index (χ4v) is 2.01. The smallest absolute Gasteiger partial charge is 0.323 e. The number of carboxylic acid groups (broad SMARTS) is 1. The third kappa shape index (κ3) is 4.15. The van der Waals surface area contributed by atoms with Crippen molar-refractivity contribution in [2.45, 2.75) is 6.42 Å². The normalized spacial score (nSPS) is 19.0. The number of ether oxygens (including phenoxy) is 1. The maximum Gasteiger partial charge on any atom is 0.323 e. The summed E-state index contributed by atoms with van der Waals surface area (Å²) < 4.78 is 4.88. The lowest BCUT2D eigenvalue weighted by Crippen LogP contribution is -2.46. The van der Waals surface area contributed by atoms with Gasteiger partial charge in [0.15, 0.2) is 0 Å². The minimum absolute atomic E-state index is 0.245. The van der Waals surface area contributed by atoms with Gasteiger partial charge in [-0.3, -0.25) is 4.79 Å². The summed E-state index contributed by atoms with van der Waals surface area (Å²) in [5, 5.41) is 8.80. The van der Waals surface area contributed by atoms with E-state index in [-0.39, 0.29) is 19.1 Å². The molecule has 1 atom stereocenters. The summed E-state index contributed by atoms with van der Waals surface area (Å²) in [5.74, 6) is -0.697. The van der Waals surface area contributed by atoms with Crippen LogP contribution in [0.4, 0.5) is 4.79 Å². The van der Waals surface area contributed by atoms with E-state index in [1.807, 2.05) is 0 Å². The molecule has 0 bridgehead atoms. The Morgan fingerprint density at radius 3 is 2.78 bits per heavy atom. The summed E-state index contributed by atoms with van der Waals surface area (Å²) in [5.41, 5.74) is 5.57. The minimum Gasteiger partial charge on any atom is -0.480 e. The van der Waals surface area contributed by atoms with Crippen molar-refractivity contribution in [3.8, 4) is 0 Å². The monoisotopic (exact) mass is 259 g/mol.